The Kier molecular flexibility index (Phi) is 6.97. The number of carboxylic acid groups (broad SMARTS) is 1. The van der Waals surface area contributed by atoms with Crippen molar-refractivity contribution in [3.05, 3.63) is 66.5 Å². The van der Waals surface area contributed by atoms with Gasteiger partial charge in [0.25, 0.3) is 0 Å². The van der Waals surface area contributed by atoms with E-state index in [2.05, 4.69) is 60.7 Å². The molecule has 0 bridgehead atoms. The maximum Gasteiger partial charge on any atom is 0.374 e. The Labute approximate surface area is 203 Å². The molecule has 0 spiro atoms. The van der Waals surface area contributed by atoms with Gasteiger partial charge in [-0.25, -0.2) is 19.7 Å². The first-order valence-electron chi connectivity index (χ1n) is 12.0. The Bertz CT molecular complexity index is 1320. The van der Waals surface area contributed by atoms with Crippen molar-refractivity contribution in [3.63, 3.8) is 0 Å². The molecular weight excluding hydrogens is 442 g/mol. The number of nitrogens with zero attached hydrogens (tertiary/aromatic N) is 5. The largest absolute Gasteiger partial charge is 0.475 e. The van der Waals surface area contributed by atoms with Gasteiger partial charge in [-0.05, 0) is 30.3 Å². The van der Waals surface area contributed by atoms with Gasteiger partial charge in [-0.15, -0.1) is 0 Å². The van der Waals surface area contributed by atoms with Crippen molar-refractivity contribution in [2.45, 2.75) is 0 Å². The number of anilines is 2. The highest BCUT2D eigenvalue weighted by Crippen LogP contribution is 2.24. The molecule has 0 radical (unpaired) electrons. The molecule has 0 aliphatic carbocycles. The fraction of sp³-hybridized carbons (Fsp3) is 0.308. The van der Waals surface area contributed by atoms with Gasteiger partial charge in [0.05, 0.1) is 11.0 Å². The Morgan fingerprint density at radius 2 is 1.34 bits per heavy atom. The third kappa shape index (κ3) is 5.31. The van der Waals surface area contributed by atoms with Gasteiger partial charge in [-0.2, -0.15) is 0 Å². The Morgan fingerprint density at radius 3 is 2.06 bits per heavy atom. The molecule has 35 heavy (non-hydrogen) atoms. The summed E-state index contributed by atoms with van der Waals surface area (Å²) < 4.78 is 0. The van der Waals surface area contributed by atoms with Gasteiger partial charge in [-0.1, -0.05) is 30.3 Å². The molecule has 0 unspecified atom stereocenters. The molecule has 180 valence electrons. The molecule has 0 amide bonds. The molecular formula is C26H29N7O2. The van der Waals surface area contributed by atoms with E-state index in [4.69, 9.17) is 10.1 Å². The monoisotopic (exact) mass is 471 g/mol. The molecule has 2 fully saturated rings. The summed E-state index contributed by atoms with van der Waals surface area (Å²) >= 11 is 0. The smallest absolute Gasteiger partial charge is 0.374 e. The lowest BCUT2D eigenvalue weighted by Gasteiger charge is -2.29. The van der Waals surface area contributed by atoms with Crippen LogP contribution in [0.5, 0.6) is 0 Å². The summed E-state index contributed by atoms with van der Waals surface area (Å²) in [7, 11) is 0. The van der Waals surface area contributed by atoms with Crippen LogP contribution in [0.3, 0.4) is 0 Å². The van der Waals surface area contributed by atoms with Gasteiger partial charge < -0.3 is 25.5 Å². The molecule has 3 N–H and O–H groups in total. The van der Waals surface area contributed by atoms with E-state index >= 15 is 0 Å². The molecule has 2 aliphatic rings. The Hall–Kier alpha value is -3.82. The minimum absolute atomic E-state index is 0.146. The molecule has 4 aromatic rings. The van der Waals surface area contributed by atoms with Crippen LogP contribution < -0.4 is 20.4 Å². The van der Waals surface area contributed by atoms with Crippen molar-refractivity contribution >= 4 is 39.4 Å². The average Bonchev–Trinajstić information content (AvgIpc) is 2.93. The summed E-state index contributed by atoms with van der Waals surface area (Å²) in [4.78, 5) is 28.6. The molecule has 4 heterocycles. The summed E-state index contributed by atoms with van der Waals surface area (Å²) in [5.41, 5.74) is 1.75. The standard InChI is InChI=1S/C13H14N4O2.C13H15N3/c18-13(19)11-15-10-4-2-1-3-9(10)12(16-11)17-7-5-14-6-8-17;1-2-4-12-11(3-1)5-6-13(15-12)16-9-7-14-8-10-16/h1-4,14H,5-8H2,(H,18,19);1-6,14H,7-10H2. The van der Waals surface area contributed by atoms with E-state index in [1.807, 2.05) is 30.3 Å². The van der Waals surface area contributed by atoms with E-state index in [1.165, 1.54) is 5.39 Å². The number of benzene rings is 2. The van der Waals surface area contributed by atoms with Crippen molar-refractivity contribution in [2.75, 3.05) is 62.2 Å². The van der Waals surface area contributed by atoms with Crippen molar-refractivity contribution in [1.82, 2.24) is 25.6 Å². The number of para-hydroxylation sites is 2. The predicted molar refractivity (Wildman–Crippen MR) is 138 cm³/mol. The average molecular weight is 472 g/mol. The SMILES string of the molecule is O=C(O)c1nc(N2CCNCC2)c2ccccc2n1.c1ccc2nc(N3CCNCC3)ccc2c1. The molecule has 2 aliphatic heterocycles. The molecule has 6 rings (SSSR count). The van der Waals surface area contributed by atoms with Crippen LogP contribution >= 0.6 is 0 Å². The number of pyridine rings is 1. The van der Waals surface area contributed by atoms with Crippen LogP contribution in [0.4, 0.5) is 11.6 Å². The first-order chi connectivity index (χ1) is 17.2. The molecule has 0 atom stereocenters. The lowest BCUT2D eigenvalue weighted by Crippen LogP contribution is -2.44. The van der Waals surface area contributed by atoms with Crippen LogP contribution in [0.15, 0.2) is 60.7 Å². The third-order valence-electron chi connectivity index (χ3n) is 6.22. The highest BCUT2D eigenvalue weighted by Gasteiger charge is 2.18. The van der Waals surface area contributed by atoms with Crippen LogP contribution in [0.2, 0.25) is 0 Å². The molecule has 2 aromatic carbocycles. The van der Waals surface area contributed by atoms with Gasteiger partial charge >= 0.3 is 5.97 Å². The number of carboxylic acids is 1. The summed E-state index contributed by atoms with van der Waals surface area (Å²) in [6.45, 7) is 7.58. The first kappa shape index (κ1) is 22.9. The summed E-state index contributed by atoms with van der Waals surface area (Å²) in [5, 5.41) is 17.8. The van der Waals surface area contributed by atoms with Gasteiger partial charge in [0.1, 0.15) is 11.6 Å². The fourth-order valence-corrected chi connectivity index (χ4v) is 4.40. The summed E-state index contributed by atoms with van der Waals surface area (Å²) in [5.74, 6) is 0.569. The molecule has 9 nitrogen and oxygen atoms in total. The van der Waals surface area contributed by atoms with E-state index in [0.717, 1.165) is 69.1 Å². The maximum absolute atomic E-state index is 11.1. The second-order valence-electron chi connectivity index (χ2n) is 8.53. The normalized spacial score (nSPS) is 16.1. The minimum Gasteiger partial charge on any atom is -0.475 e. The van der Waals surface area contributed by atoms with Gasteiger partial charge in [-0.3, -0.25) is 0 Å². The van der Waals surface area contributed by atoms with Crippen molar-refractivity contribution < 1.29 is 9.90 Å². The lowest BCUT2D eigenvalue weighted by atomic mass is 10.2. The van der Waals surface area contributed by atoms with Crippen molar-refractivity contribution in [3.8, 4) is 0 Å². The second kappa shape index (κ2) is 10.6. The Morgan fingerprint density at radius 1 is 0.714 bits per heavy atom. The number of nitrogens with one attached hydrogen (secondary N) is 2. The van der Waals surface area contributed by atoms with E-state index in [-0.39, 0.29) is 5.82 Å². The number of hydrogen-bond acceptors (Lipinski definition) is 8. The molecule has 2 saturated heterocycles. The number of fused-ring (bicyclic) bond motifs is 2. The maximum atomic E-state index is 11.1. The van der Waals surface area contributed by atoms with E-state index in [1.54, 1.807) is 0 Å². The van der Waals surface area contributed by atoms with Crippen LogP contribution in [0.25, 0.3) is 21.8 Å². The quantitative estimate of drug-likeness (QED) is 0.415. The highest BCUT2D eigenvalue weighted by atomic mass is 16.4. The third-order valence-corrected chi connectivity index (χ3v) is 6.22. The number of aromatic carboxylic acids is 1. The zero-order chi connectivity index (χ0) is 24.0. The van der Waals surface area contributed by atoms with Crippen LogP contribution in [-0.2, 0) is 0 Å². The summed E-state index contributed by atoms with van der Waals surface area (Å²) in [6, 6.07) is 20.0. The van der Waals surface area contributed by atoms with Gasteiger partial charge in [0.15, 0.2) is 0 Å². The van der Waals surface area contributed by atoms with Crippen molar-refractivity contribution in [1.29, 1.82) is 0 Å². The lowest BCUT2D eigenvalue weighted by molar-refractivity contribution is 0.0684. The van der Waals surface area contributed by atoms with Crippen LogP contribution in [0, 0.1) is 0 Å². The van der Waals surface area contributed by atoms with E-state index < -0.39 is 5.97 Å². The second-order valence-corrected chi connectivity index (χ2v) is 8.53. The number of aromatic nitrogens is 3. The van der Waals surface area contributed by atoms with Crippen molar-refractivity contribution in [2.24, 2.45) is 0 Å². The van der Waals surface area contributed by atoms with Crippen LogP contribution in [-0.4, -0.2) is 78.4 Å². The predicted octanol–water partition coefficient (Wildman–Crippen LogP) is 2.38. The number of piperazine rings is 2. The van der Waals surface area contributed by atoms with Gasteiger partial charge in [0, 0.05) is 63.1 Å². The molecule has 2 aromatic heterocycles. The fourth-order valence-electron chi connectivity index (χ4n) is 4.40. The topological polar surface area (TPSA) is 107 Å². The van der Waals surface area contributed by atoms with Gasteiger partial charge in [0.2, 0.25) is 5.82 Å². The number of carbonyl (C=O) groups is 1. The zero-order valence-electron chi connectivity index (χ0n) is 19.5. The Balaban J connectivity index is 0.000000147. The molecule has 9 heteroatoms. The first-order valence-corrected chi connectivity index (χ1v) is 12.0. The van der Waals surface area contributed by atoms with Crippen LogP contribution in [0.1, 0.15) is 10.6 Å². The highest BCUT2D eigenvalue weighted by molar-refractivity contribution is 5.94. The number of rotatable bonds is 3. The summed E-state index contributed by atoms with van der Waals surface area (Å²) in [6.07, 6.45) is 0. The minimum atomic E-state index is -1.10. The molecule has 0 saturated carbocycles. The van der Waals surface area contributed by atoms with E-state index in [9.17, 15) is 4.79 Å². The zero-order valence-corrected chi connectivity index (χ0v) is 19.5. The van der Waals surface area contributed by atoms with E-state index in [0.29, 0.717) is 11.3 Å². The number of hydrogen-bond donors (Lipinski definition) is 3.